The maximum absolute atomic E-state index is 14.3. The third-order valence-electron chi connectivity index (χ3n) is 5.84. The first-order valence-corrected chi connectivity index (χ1v) is 13.5. The molecular formula is C26H29F2N3O4S. The largest absolute Gasteiger partial charge is 0.476 e. The predicted octanol–water partition coefficient (Wildman–Crippen LogP) is 5.36. The van der Waals surface area contributed by atoms with Gasteiger partial charge in [-0.2, -0.15) is 0 Å². The zero-order valence-corrected chi connectivity index (χ0v) is 21.1. The highest BCUT2D eigenvalue weighted by Crippen LogP contribution is 2.38. The normalized spacial score (nSPS) is 14.1. The Morgan fingerprint density at radius 2 is 1.78 bits per heavy atom. The van der Waals surface area contributed by atoms with Crippen LogP contribution in [0, 0.1) is 18.6 Å². The van der Waals surface area contributed by atoms with E-state index in [0.717, 1.165) is 31.8 Å². The summed E-state index contributed by atoms with van der Waals surface area (Å²) in [6.45, 7) is 6.78. The van der Waals surface area contributed by atoms with Gasteiger partial charge in [-0.25, -0.2) is 22.2 Å². The quantitative estimate of drug-likeness (QED) is 0.390. The molecule has 4 rings (SSSR count). The first-order chi connectivity index (χ1) is 17.2. The van der Waals surface area contributed by atoms with Crippen molar-refractivity contribution in [1.82, 2.24) is 9.88 Å². The number of aryl methyl sites for hydroxylation is 1. The zero-order chi connectivity index (χ0) is 25.7. The second-order valence-electron chi connectivity index (χ2n) is 8.63. The van der Waals surface area contributed by atoms with E-state index in [0.29, 0.717) is 35.0 Å². The van der Waals surface area contributed by atoms with Crippen LogP contribution in [0.5, 0.6) is 17.4 Å². The number of halogens is 2. The molecule has 0 amide bonds. The molecule has 0 radical (unpaired) electrons. The molecule has 3 aromatic rings. The fourth-order valence-corrected chi connectivity index (χ4v) is 4.62. The standard InChI is InChI=1S/C26H29F2N3O4S/c1-3-36(32,33)30-21-7-9-24(35-25-8-6-20(27)16-23(25)28)22(17-21)19-14-18(2)29-26(15-19)34-13-12-31-10-4-5-11-31/h6-9,14-17,30H,3-5,10-13H2,1-2H3. The predicted molar refractivity (Wildman–Crippen MR) is 135 cm³/mol. The molecule has 0 unspecified atom stereocenters. The fourth-order valence-electron chi connectivity index (χ4n) is 3.99. The Morgan fingerprint density at radius 1 is 1.03 bits per heavy atom. The van der Waals surface area contributed by atoms with Crippen molar-refractivity contribution in [3.63, 3.8) is 0 Å². The number of benzene rings is 2. The average molecular weight is 518 g/mol. The number of sulfonamides is 1. The summed E-state index contributed by atoms with van der Waals surface area (Å²) in [5.41, 5.74) is 2.14. The second kappa shape index (κ2) is 11.2. The van der Waals surface area contributed by atoms with Gasteiger partial charge in [0.1, 0.15) is 18.2 Å². The molecule has 1 aliphatic rings. The van der Waals surface area contributed by atoms with E-state index in [1.165, 1.54) is 38.0 Å². The van der Waals surface area contributed by atoms with Crippen LogP contribution < -0.4 is 14.2 Å². The third-order valence-corrected chi connectivity index (χ3v) is 7.15. The van der Waals surface area contributed by atoms with E-state index in [9.17, 15) is 17.2 Å². The molecule has 36 heavy (non-hydrogen) atoms. The number of aromatic nitrogens is 1. The summed E-state index contributed by atoms with van der Waals surface area (Å²) < 4.78 is 66.2. The molecule has 7 nitrogen and oxygen atoms in total. The number of nitrogens with zero attached hydrogens (tertiary/aromatic N) is 2. The van der Waals surface area contributed by atoms with Gasteiger partial charge in [0.2, 0.25) is 15.9 Å². The molecule has 0 bridgehead atoms. The topological polar surface area (TPSA) is 80.8 Å². The lowest BCUT2D eigenvalue weighted by Crippen LogP contribution is -2.25. The van der Waals surface area contributed by atoms with Crippen LogP contribution in [0.15, 0.2) is 48.5 Å². The summed E-state index contributed by atoms with van der Waals surface area (Å²) in [4.78, 5) is 6.80. The Labute approximate surface area is 210 Å². The molecule has 1 fully saturated rings. The van der Waals surface area contributed by atoms with Gasteiger partial charge in [0.25, 0.3) is 0 Å². The van der Waals surface area contributed by atoms with Gasteiger partial charge in [0, 0.05) is 35.6 Å². The van der Waals surface area contributed by atoms with Gasteiger partial charge in [-0.05, 0) is 81.7 Å². The fraction of sp³-hybridized carbons (Fsp3) is 0.346. The number of hydrogen-bond donors (Lipinski definition) is 1. The molecule has 0 atom stereocenters. The van der Waals surface area contributed by atoms with Crippen LogP contribution in [0.2, 0.25) is 0 Å². The van der Waals surface area contributed by atoms with E-state index in [2.05, 4.69) is 14.6 Å². The highest BCUT2D eigenvalue weighted by atomic mass is 32.2. The van der Waals surface area contributed by atoms with E-state index in [1.807, 2.05) is 6.92 Å². The van der Waals surface area contributed by atoms with Crippen LogP contribution in [0.25, 0.3) is 11.1 Å². The number of rotatable bonds is 10. The number of hydrogen-bond acceptors (Lipinski definition) is 6. The molecular weight excluding hydrogens is 488 g/mol. The number of pyridine rings is 1. The molecule has 0 saturated carbocycles. The van der Waals surface area contributed by atoms with Crippen LogP contribution in [0.1, 0.15) is 25.5 Å². The Kier molecular flexibility index (Phi) is 8.05. The Bertz CT molecular complexity index is 1330. The lowest BCUT2D eigenvalue weighted by Gasteiger charge is -2.17. The summed E-state index contributed by atoms with van der Waals surface area (Å²) in [5.74, 6) is -1.15. The molecule has 0 aliphatic carbocycles. The molecule has 2 aromatic carbocycles. The van der Waals surface area contributed by atoms with E-state index >= 15 is 0 Å². The Balaban J connectivity index is 1.67. The minimum Gasteiger partial charge on any atom is -0.476 e. The van der Waals surface area contributed by atoms with Crippen molar-refractivity contribution in [1.29, 1.82) is 0 Å². The van der Waals surface area contributed by atoms with Gasteiger partial charge in [-0.3, -0.25) is 9.62 Å². The summed E-state index contributed by atoms with van der Waals surface area (Å²) in [6.07, 6.45) is 2.39. The molecule has 0 spiro atoms. The van der Waals surface area contributed by atoms with E-state index in [4.69, 9.17) is 9.47 Å². The monoisotopic (exact) mass is 517 g/mol. The molecule has 2 heterocycles. The van der Waals surface area contributed by atoms with Crippen molar-refractivity contribution < 1.29 is 26.7 Å². The number of ether oxygens (including phenoxy) is 2. The molecule has 1 saturated heterocycles. The van der Waals surface area contributed by atoms with Gasteiger partial charge in [-0.15, -0.1) is 0 Å². The molecule has 1 N–H and O–H groups in total. The maximum Gasteiger partial charge on any atom is 0.232 e. The summed E-state index contributed by atoms with van der Waals surface area (Å²) in [5, 5.41) is 0. The van der Waals surface area contributed by atoms with Crippen molar-refractivity contribution in [2.45, 2.75) is 26.7 Å². The second-order valence-corrected chi connectivity index (χ2v) is 10.6. The minimum atomic E-state index is -3.53. The van der Waals surface area contributed by atoms with Crippen molar-refractivity contribution in [2.75, 3.05) is 36.7 Å². The SMILES string of the molecule is CCS(=O)(=O)Nc1ccc(Oc2ccc(F)cc2F)c(-c2cc(C)nc(OCCN3CCCC3)c2)c1. The highest BCUT2D eigenvalue weighted by Gasteiger charge is 2.16. The van der Waals surface area contributed by atoms with Crippen LogP contribution in [0.4, 0.5) is 14.5 Å². The van der Waals surface area contributed by atoms with Crippen LogP contribution in [-0.2, 0) is 10.0 Å². The lowest BCUT2D eigenvalue weighted by atomic mass is 10.0. The van der Waals surface area contributed by atoms with E-state index < -0.39 is 21.7 Å². The number of nitrogens with one attached hydrogen (secondary N) is 1. The van der Waals surface area contributed by atoms with E-state index in [1.54, 1.807) is 18.2 Å². The molecule has 1 aromatic heterocycles. The number of anilines is 1. The Morgan fingerprint density at radius 3 is 2.50 bits per heavy atom. The molecule has 1 aliphatic heterocycles. The van der Waals surface area contributed by atoms with Gasteiger partial charge < -0.3 is 9.47 Å². The van der Waals surface area contributed by atoms with Crippen LogP contribution in [-0.4, -0.2) is 50.3 Å². The van der Waals surface area contributed by atoms with Crippen molar-refractivity contribution >= 4 is 15.7 Å². The molecule has 10 heteroatoms. The average Bonchev–Trinajstić information content (AvgIpc) is 3.35. The van der Waals surface area contributed by atoms with E-state index in [-0.39, 0.29) is 17.3 Å². The summed E-state index contributed by atoms with van der Waals surface area (Å²) >= 11 is 0. The van der Waals surface area contributed by atoms with Crippen molar-refractivity contribution in [3.05, 3.63) is 65.9 Å². The number of likely N-dealkylation sites (tertiary alicyclic amines) is 1. The molecule has 192 valence electrons. The lowest BCUT2D eigenvalue weighted by molar-refractivity contribution is 0.232. The van der Waals surface area contributed by atoms with Gasteiger partial charge in [0.05, 0.1) is 5.75 Å². The van der Waals surface area contributed by atoms with Crippen LogP contribution in [0.3, 0.4) is 0 Å². The van der Waals surface area contributed by atoms with Crippen molar-refractivity contribution in [3.8, 4) is 28.5 Å². The van der Waals surface area contributed by atoms with Gasteiger partial charge in [0.15, 0.2) is 11.6 Å². The first-order valence-electron chi connectivity index (χ1n) is 11.8. The first kappa shape index (κ1) is 25.8. The maximum atomic E-state index is 14.3. The summed E-state index contributed by atoms with van der Waals surface area (Å²) in [6, 6.07) is 11.2. The van der Waals surface area contributed by atoms with Crippen LogP contribution >= 0.6 is 0 Å². The zero-order valence-electron chi connectivity index (χ0n) is 20.3. The van der Waals surface area contributed by atoms with Gasteiger partial charge in [-0.1, -0.05) is 0 Å². The minimum absolute atomic E-state index is 0.0925. The summed E-state index contributed by atoms with van der Waals surface area (Å²) in [7, 11) is -3.53. The smallest absolute Gasteiger partial charge is 0.232 e. The highest BCUT2D eigenvalue weighted by molar-refractivity contribution is 7.92. The van der Waals surface area contributed by atoms with Crippen molar-refractivity contribution in [2.24, 2.45) is 0 Å². The van der Waals surface area contributed by atoms with Gasteiger partial charge >= 0.3 is 0 Å². The third kappa shape index (κ3) is 6.70. The Hall–Kier alpha value is -3.24.